The number of fused-ring (bicyclic) bond motifs is 1. The molecule has 0 N–H and O–H groups in total. The molecule has 2 aromatic carbocycles. The summed E-state index contributed by atoms with van der Waals surface area (Å²) in [5.74, 6) is 1.29. The lowest BCUT2D eigenvalue weighted by Gasteiger charge is -2.13. The van der Waals surface area contributed by atoms with E-state index in [0.29, 0.717) is 46.8 Å². The first-order valence-corrected chi connectivity index (χ1v) is 11.4. The minimum atomic E-state index is -0.247. The van der Waals surface area contributed by atoms with Gasteiger partial charge in [0.1, 0.15) is 11.9 Å². The standard InChI is InChI=1S/C23H22BrClN4O3/c1-3-5-6-21-28-19-8-7-16(24)13-17(19)23(30)29(21)27-14-15-11-18(25)22(32-10-9-26)20(12-15)31-4-2/h7-8,11-14H,3-6,10H2,1-2H3. The van der Waals surface area contributed by atoms with Gasteiger partial charge in [0.05, 0.1) is 28.7 Å². The Hall–Kier alpha value is -2.89. The molecule has 3 aromatic rings. The van der Waals surface area contributed by atoms with Crippen molar-refractivity contribution in [3.8, 4) is 17.6 Å². The van der Waals surface area contributed by atoms with E-state index in [-0.39, 0.29) is 17.2 Å². The fourth-order valence-corrected chi connectivity index (χ4v) is 3.74. The number of ether oxygens (including phenoxy) is 2. The highest BCUT2D eigenvalue weighted by atomic mass is 79.9. The zero-order chi connectivity index (χ0) is 23.1. The Morgan fingerprint density at radius 3 is 2.81 bits per heavy atom. The molecule has 0 fully saturated rings. The third-order valence-corrected chi connectivity index (χ3v) is 5.34. The molecule has 0 aliphatic heterocycles. The van der Waals surface area contributed by atoms with Crippen LogP contribution in [0.25, 0.3) is 10.9 Å². The number of halogens is 2. The van der Waals surface area contributed by atoms with Crippen molar-refractivity contribution in [2.45, 2.75) is 33.1 Å². The highest BCUT2D eigenvalue weighted by molar-refractivity contribution is 9.10. The quantitative estimate of drug-likeness (QED) is 0.358. The Morgan fingerprint density at radius 1 is 1.28 bits per heavy atom. The van der Waals surface area contributed by atoms with Crippen LogP contribution in [-0.4, -0.2) is 29.1 Å². The second-order valence-electron chi connectivity index (χ2n) is 6.86. The first-order chi connectivity index (χ1) is 15.5. The van der Waals surface area contributed by atoms with Gasteiger partial charge in [0.2, 0.25) is 0 Å². The molecule has 0 spiro atoms. The van der Waals surface area contributed by atoms with Crippen LogP contribution >= 0.6 is 27.5 Å². The van der Waals surface area contributed by atoms with Gasteiger partial charge in [-0.2, -0.15) is 15.0 Å². The van der Waals surface area contributed by atoms with Gasteiger partial charge >= 0.3 is 0 Å². The van der Waals surface area contributed by atoms with Crippen LogP contribution in [0.5, 0.6) is 11.5 Å². The van der Waals surface area contributed by atoms with Crippen LogP contribution in [-0.2, 0) is 6.42 Å². The number of aromatic nitrogens is 2. The number of hydrogen-bond acceptors (Lipinski definition) is 6. The summed E-state index contributed by atoms with van der Waals surface area (Å²) in [6.07, 6.45) is 4.01. The normalized spacial score (nSPS) is 11.1. The summed E-state index contributed by atoms with van der Waals surface area (Å²) >= 11 is 9.76. The van der Waals surface area contributed by atoms with E-state index in [4.69, 9.17) is 26.3 Å². The summed E-state index contributed by atoms with van der Waals surface area (Å²) in [7, 11) is 0. The lowest BCUT2D eigenvalue weighted by Crippen LogP contribution is -2.22. The van der Waals surface area contributed by atoms with Crippen LogP contribution in [0.4, 0.5) is 0 Å². The number of benzene rings is 2. The predicted molar refractivity (Wildman–Crippen MR) is 129 cm³/mol. The average Bonchev–Trinajstić information content (AvgIpc) is 2.77. The molecule has 0 saturated heterocycles. The van der Waals surface area contributed by atoms with Crippen molar-refractivity contribution in [2.24, 2.45) is 5.10 Å². The number of aryl methyl sites for hydroxylation is 1. The van der Waals surface area contributed by atoms with Crippen molar-refractivity contribution in [3.63, 3.8) is 0 Å². The van der Waals surface area contributed by atoms with Crippen molar-refractivity contribution in [3.05, 3.63) is 61.6 Å². The van der Waals surface area contributed by atoms with Crippen LogP contribution in [0.3, 0.4) is 0 Å². The van der Waals surface area contributed by atoms with Gasteiger partial charge in [-0.05, 0) is 49.2 Å². The zero-order valence-corrected chi connectivity index (χ0v) is 20.1. The molecule has 0 aliphatic carbocycles. The van der Waals surface area contributed by atoms with Crippen molar-refractivity contribution >= 4 is 44.6 Å². The number of rotatable bonds is 9. The molecule has 1 aromatic heterocycles. The Morgan fingerprint density at radius 2 is 2.09 bits per heavy atom. The number of hydrogen-bond donors (Lipinski definition) is 0. The Bertz CT molecular complexity index is 1250. The second kappa shape index (κ2) is 11.1. The summed E-state index contributed by atoms with van der Waals surface area (Å²) in [6.45, 7) is 4.16. The first-order valence-electron chi connectivity index (χ1n) is 10.2. The van der Waals surface area contributed by atoms with Gasteiger partial charge in [-0.15, -0.1) is 0 Å². The van der Waals surface area contributed by atoms with Gasteiger partial charge in [0.25, 0.3) is 5.56 Å². The van der Waals surface area contributed by atoms with Crippen LogP contribution < -0.4 is 15.0 Å². The molecule has 9 heteroatoms. The number of nitriles is 1. The van der Waals surface area contributed by atoms with Crippen molar-refractivity contribution in [1.82, 2.24) is 9.66 Å². The maximum Gasteiger partial charge on any atom is 0.282 e. The molecule has 3 rings (SSSR count). The summed E-state index contributed by atoms with van der Waals surface area (Å²) in [4.78, 5) is 17.8. The van der Waals surface area contributed by atoms with Crippen molar-refractivity contribution in [1.29, 1.82) is 5.26 Å². The van der Waals surface area contributed by atoms with E-state index >= 15 is 0 Å². The SMILES string of the molecule is CCCCc1nc2ccc(Br)cc2c(=O)n1N=Cc1cc(Cl)c(OCC#N)c(OCC)c1. The third-order valence-electron chi connectivity index (χ3n) is 4.56. The van der Waals surface area contributed by atoms with Gasteiger partial charge in [0, 0.05) is 10.9 Å². The molecule has 0 bridgehead atoms. The van der Waals surface area contributed by atoms with E-state index in [1.807, 2.05) is 25.1 Å². The van der Waals surface area contributed by atoms with Gasteiger partial charge in [-0.25, -0.2) is 4.98 Å². The van der Waals surface area contributed by atoms with E-state index < -0.39 is 0 Å². The van der Waals surface area contributed by atoms with E-state index in [1.165, 1.54) is 10.9 Å². The average molecular weight is 518 g/mol. The van der Waals surface area contributed by atoms with Gasteiger partial charge < -0.3 is 9.47 Å². The molecule has 32 heavy (non-hydrogen) atoms. The van der Waals surface area contributed by atoms with E-state index in [1.54, 1.807) is 18.2 Å². The molecule has 0 amide bonds. The summed E-state index contributed by atoms with van der Waals surface area (Å²) in [5, 5.41) is 14.0. The van der Waals surface area contributed by atoms with Crippen molar-refractivity contribution < 1.29 is 9.47 Å². The number of unbranched alkanes of at least 4 members (excludes halogenated alkanes) is 1. The molecule has 1 heterocycles. The minimum absolute atomic E-state index is 0.151. The van der Waals surface area contributed by atoms with Gasteiger partial charge in [-0.3, -0.25) is 4.79 Å². The summed E-state index contributed by atoms with van der Waals surface area (Å²) in [6, 6.07) is 10.7. The smallest absolute Gasteiger partial charge is 0.282 e. The highest BCUT2D eigenvalue weighted by Gasteiger charge is 2.14. The molecule has 166 valence electrons. The Kier molecular flexibility index (Phi) is 8.26. The maximum absolute atomic E-state index is 13.2. The largest absolute Gasteiger partial charge is 0.490 e. The highest BCUT2D eigenvalue weighted by Crippen LogP contribution is 2.36. The molecular weight excluding hydrogens is 496 g/mol. The predicted octanol–water partition coefficient (Wildman–Crippen LogP) is 5.34. The Labute approximate surface area is 199 Å². The molecule has 0 atom stereocenters. The summed E-state index contributed by atoms with van der Waals surface area (Å²) in [5.41, 5.74) is 1.01. The van der Waals surface area contributed by atoms with Gasteiger partial charge in [0.15, 0.2) is 18.1 Å². The van der Waals surface area contributed by atoms with Crippen molar-refractivity contribution in [2.75, 3.05) is 13.2 Å². The number of nitrogens with zero attached hydrogens (tertiary/aromatic N) is 4. The molecule has 0 saturated carbocycles. The topological polar surface area (TPSA) is 89.5 Å². The van der Waals surface area contributed by atoms with Crippen LogP contribution in [0.15, 0.2) is 44.7 Å². The summed E-state index contributed by atoms with van der Waals surface area (Å²) < 4.78 is 13.1. The molecule has 0 radical (unpaired) electrons. The third kappa shape index (κ3) is 5.47. The monoisotopic (exact) mass is 516 g/mol. The lowest BCUT2D eigenvalue weighted by molar-refractivity contribution is 0.299. The van der Waals surface area contributed by atoms with Gasteiger partial charge in [-0.1, -0.05) is 40.9 Å². The minimum Gasteiger partial charge on any atom is -0.490 e. The molecule has 0 aliphatic rings. The van der Waals surface area contributed by atoms with E-state index in [2.05, 4.69) is 32.9 Å². The zero-order valence-electron chi connectivity index (χ0n) is 17.8. The fourth-order valence-electron chi connectivity index (χ4n) is 3.10. The lowest BCUT2D eigenvalue weighted by atomic mass is 10.2. The molecule has 7 nitrogen and oxygen atoms in total. The van der Waals surface area contributed by atoms with E-state index in [0.717, 1.165) is 17.3 Å². The van der Waals surface area contributed by atoms with Crippen LogP contribution in [0.2, 0.25) is 5.02 Å². The van der Waals surface area contributed by atoms with E-state index in [9.17, 15) is 4.79 Å². The molecule has 0 unspecified atom stereocenters. The first kappa shape index (κ1) is 23.8. The van der Waals surface area contributed by atoms with Crippen LogP contribution in [0.1, 0.15) is 38.1 Å². The van der Waals surface area contributed by atoms with Crippen LogP contribution in [0, 0.1) is 11.3 Å². The Balaban J connectivity index is 2.08. The maximum atomic E-state index is 13.2. The molecular formula is C23H22BrClN4O3. The fraction of sp³-hybridized carbons (Fsp3) is 0.304. The second-order valence-corrected chi connectivity index (χ2v) is 8.19.